The Morgan fingerprint density at radius 1 is 1.28 bits per heavy atom. The van der Waals surface area contributed by atoms with E-state index in [1.807, 2.05) is 36.4 Å². The minimum atomic E-state index is -0.0525. The number of nitrogens with one attached hydrogen (secondary N) is 1. The average Bonchev–Trinajstić information content (AvgIpc) is 3.04. The largest absolute Gasteiger partial charge is 0.492 e. The molecule has 6 heteroatoms. The highest BCUT2D eigenvalue weighted by atomic mass is 16.5. The number of hydrogen-bond donors (Lipinski definition) is 2. The van der Waals surface area contributed by atoms with Crippen molar-refractivity contribution in [3.8, 4) is 5.75 Å². The van der Waals surface area contributed by atoms with Crippen LogP contribution in [-0.4, -0.2) is 48.8 Å². The zero-order valence-corrected chi connectivity index (χ0v) is 14.2. The van der Waals surface area contributed by atoms with Crippen molar-refractivity contribution in [1.29, 1.82) is 0 Å². The lowest BCUT2D eigenvalue weighted by atomic mass is 10.1. The highest BCUT2D eigenvalue weighted by molar-refractivity contribution is 5.78. The number of aliphatic hydroxyl groups excluding tert-OH is 1. The van der Waals surface area contributed by atoms with E-state index in [2.05, 4.69) is 10.2 Å². The van der Waals surface area contributed by atoms with E-state index in [-0.39, 0.29) is 18.4 Å². The maximum absolute atomic E-state index is 12.3. The Hall–Kier alpha value is -2.31. The lowest BCUT2D eigenvalue weighted by Crippen LogP contribution is -2.40. The van der Waals surface area contributed by atoms with E-state index < -0.39 is 0 Å². The molecule has 0 bridgehead atoms. The first kappa shape index (κ1) is 17.5. The number of carbonyl (C=O) groups excluding carboxylic acids is 1. The van der Waals surface area contributed by atoms with Crippen molar-refractivity contribution in [2.45, 2.75) is 13.0 Å². The molecule has 1 aromatic heterocycles. The molecule has 1 unspecified atom stereocenters. The molecule has 1 atom stereocenters. The van der Waals surface area contributed by atoms with Gasteiger partial charge in [-0.25, -0.2) is 0 Å². The third kappa shape index (κ3) is 5.08. The fraction of sp³-hybridized carbons (Fsp3) is 0.421. The monoisotopic (exact) mass is 344 g/mol. The van der Waals surface area contributed by atoms with E-state index in [4.69, 9.17) is 9.15 Å². The Morgan fingerprint density at radius 2 is 2.16 bits per heavy atom. The Kier molecular flexibility index (Phi) is 6.09. The maximum Gasteiger partial charge on any atom is 0.234 e. The van der Waals surface area contributed by atoms with Gasteiger partial charge >= 0.3 is 0 Å². The highest BCUT2D eigenvalue weighted by Gasteiger charge is 2.18. The summed E-state index contributed by atoms with van der Waals surface area (Å²) in [7, 11) is 0. The summed E-state index contributed by atoms with van der Waals surface area (Å²) >= 11 is 0. The van der Waals surface area contributed by atoms with Crippen LogP contribution in [0.5, 0.6) is 5.75 Å². The third-order valence-electron chi connectivity index (χ3n) is 4.31. The molecule has 3 rings (SSSR count). The van der Waals surface area contributed by atoms with E-state index in [0.717, 1.165) is 17.1 Å². The molecular weight excluding hydrogens is 320 g/mol. The molecule has 1 amide bonds. The molecule has 134 valence electrons. The van der Waals surface area contributed by atoms with Gasteiger partial charge in [0, 0.05) is 44.1 Å². The van der Waals surface area contributed by atoms with Crippen LogP contribution in [0.4, 0.5) is 0 Å². The number of carbonyl (C=O) groups is 1. The smallest absolute Gasteiger partial charge is 0.234 e. The predicted octanol–water partition coefficient (Wildman–Crippen LogP) is 1.44. The molecule has 0 saturated carbocycles. The SMILES string of the molecule is O=C(CN1CCOc2ccccc2C1)NCC(CO)Cc1ccco1. The number of nitrogens with zero attached hydrogens (tertiary/aromatic N) is 1. The molecule has 2 N–H and O–H groups in total. The summed E-state index contributed by atoms with van der Waals surface area (Å²) in [5.41, 5.74) is 1.10. The molecule has 0 radical (unpaired) electrons. The summed E-state index contributed by atoms with van der Waals surface area (Å²) in [6.45, 7) is 2.72. The number of hydrogen-bond acceptors (Lipinski definition) is 5. The number of amides is 1. The van der Waals surface area contributed by atoms with Crippen LogP contribution in [0.25, 0.3) is 0 Å². The standard InChI is InChI=1S/C19H24N2O4/c22-14-15(10-17-5-3-8-24-17)11-20-19(23)13-21-7-9-25-18-6-2-1-4-16(18)12-21/h1-6,8,15,22H,7,9-14H2,(H,20,23). The Labute approximate surface area is 147 Å². The molecule has 0 spiro atoms. The first-order valence-electron chi connectivity index (χ1n) is 8.57. The van der Waals surface area contributed by atoms with Crippen LogP contribution in [0.2, 0.25) is 0 Å². The number of benzene rings is 1. The minimum absolute atomic E-state index is 0.00586. The van der Waals surface area contributed by atoms with Crippen LogP contribution in [0.1, 0.15) is 11.3 Å². The number of rotatable bonds is 7. The quantitative estimate of drug-likeness (QED) is 0.795. The van der Waals surface area contributed by atoms with Crippen molar-refractivity contribution >= 4 is 5.91 Å². The summed E-state index contributed by atoms with van der Waals surface area (Å²) in [5, 5.41) is 12.4. The van der Waals surface area contributed by atoms with Crippen LogP contribution < -0.4 is 10.1 Å². The summed E-state index contributed by atoms with van der Waals surface area (Å²) in [4.78, 5) is 14.3. The molecule has 0 aliphatic carbocycles. The van der Waals surface area contributed by atoms with Gasteiger partial charge in [0.2, 0.25) is 5.91 Å². The van der Waals surface area contributed by atoms with E-state index in [1.165, 1.54) is 0 Å². The highest BCUT2D eigenvalue weighted by Crippen LogP contribution is 2.22. The molecule has 1 aliphatic heterocycles. The Bertz CT molecular complexity index is 672. The Morgan fingerprint density at radius 3 is 2.96 bits per heavy atom. The van der Waals surface area contributed by atoms with Gasteiger partial charge < -0.3 is 19.6 Å². The van der Waals surface area contributed by atoms with Gasteiger partial charge in [0.25, 0.3) is 0 Å². The lowest BCUT2D eigenvalue weighted by molar-refractivity contribution is -0.122. The van der Waals surface area contributed by atoms with Gasteiger partial charge in [-0.15, -0.1) is 0 Å². The van der Waals surface area contributed by atoms with Gasteiger partial charge in [0.15, 0.2) is 0 Å². The normalized spacial score (nSPS) is 15.7. The van der Waals surface area contributed by atoms with Gasteiger partial charge in [0.1, 0.15) is 18.1 Å². The minimum Gasteiger partial charge on any atom is -0.492 e. The van der Waals surface area contributed by atoms with E-state index in [1.54, 1.807) is 6.26 Å². The third-order valence-corrected chi connectivity index (χ3v) is 4.31. The number of ether oxygens (including phenoxy) is 1. The molecule has 0 fully saturated rings. The van der Waals surface area contributed by atoms with Gasteiger partial charge in [-0.05, 0) is 18.2 Å². The van der Waals surface area contributed by atoms with Crippen LogP contribution in [0, 0.1) is 5.92 Å². The zero-order valence-electron chi connectivity index (χ0n) is 14.2. The summed E-state index contributed by atoms with van der Waals surface area (Å²) in [5.74, 6) is 1.61. The molecule has 2 heterocycles. The van der Waals surface area contributed by atoms with Crippen molar-refractivity contribution in [3.05, 3.63) is 54.0 Å². The van der Waals surface area contributed by atoms with Crippen molar-refractivity contribution in [1.82, 2.24) is 10.2 Å². The van der Waals surface area contributed by atoms with E-state index in [0.29, 0.717) is 39.2 Å². The van der Waals surface area contributed by atoms with Crippen molar-refractivity contribution in [3.63, 3.8) is 0 Å². The fourth-order valence-corrected chi connectivity index (χ4v) is 2.95. The molecular formula is C19H24N2O4. The zero-order chi connectivity index (χ0) is 17.5. The molecule has 1 aromatic carbocycles. The Balaban J connectivity index is 1.47. The maximum atomic E-state index is 12.3. The average molecular weight is 344 g/mol. The van der Waals surface area contributed by atoms with Crippen molar-refractivity contribution < 1.29 is 19.1 Å². The molecule has 6 nitrogen and oxygen atoms in total. The van der Waals surface area contributed by atoms with Crippen molar-refractivity contribution in [2.24, 2.45) is 5.92 Å². The van der Waals surface area contributed by atoms with Crippen LogP contribution in [0.15, 0.2) is 47.1 Å². The molecule has 2 aromatic rings. The van der Waals surface area contributed by atoms with Crippen LogP contribution >= 0.6 is 0 Å². The topological polar surface area (TPSA) is 74.9 Å². The number of para-hydroxylation sites is 1. The summed E-state index contributed by atoms with van der Waals surface area (Å²) < 4.78 is 11.0. The van der Waals surface area contributed by atoms with Gasteiger partial charge in [-0.3, -0.25) is 9.69 Å². The lowest BCUT2D eigenvalue weighted by Gasteiger charge is -2.20. The predicted molar refractivity (Wildman–Crippen MR) is 93.2 cm³/mol. The van der Waals surface area contributed by atoms with Gasteiger partial charge in [-0.1, -0.05) is 18.2 Å². The second kappa shape index (κ2) is 8.69. The van der Waals surface area contributed by atoms with Crippen LogP contribution in [-0.2, 0) is 17.8 Å². The van der Waals surface area contributed by atoms with E-state index >= 15 is 0 Å². The first-order chi connectivity index (χ1) is 12.2. The molecule has 1 aliphatic rings. The number of fused-ring (bicyclic) bond motifs is 1. The summed E-state index contributed by atoms with van der Waals surface area (Å²) in [6, 6.07) is 11.6. The molecule has 25 heavy (non-hydrogen) atoms. The second-order valence-electron chi connectivity index (χ2n) is 6.30. The second-order valence-corrected chi connectivity index (χ2v) is 6.30. The summed E-state index contributed by atoms with van der Waals surface area (Å²) in [6.07, 6.45) is 2.22. The number of aliphatic hydroxyl groups is 1. The molecule has 0 saturated heterocycles. The van der Waals surface area contributed by atoms with Gasteiger partial charge in [-0.2, -0.15) is 0 Å². The van der Waals surface area contributed by atoms with E-state index in [9.17, 15) is 9.90 Å². The van der Waals surface area contributed by atoms with Crippen molar-refractivity contribution in [2.75, 3.05) is 32.8 Å². The number of furan rings is 1. The van der Waals surface area contributed by atoms with Crippen LogP contribution in [0.3, 0.4) is 0 Å². The first-order valence-corrected chi connectivity index (χ1v) is 8.57. The van der Waals surface area contributed by atoms with Gasteiger partial charge in [0.05, 0.1) is 12.8 Å². The fourth-order valence-electron chi connectivity index (χ4n) is 2.95.